The van der Waals surface area contributed by atoms with Crippen LogP contribution in [0.5, 0.6) is 0 Å². The molecule has 0 saturated carbocycles. The van der Waals surface area contributed by atoms with Crippen molar-refractivity contribution in [1.82, 2.24) is 25.3 Å². The van der Waals surface area contributed by atoms with Gasteiger partial charge in [-0.1, -0.05) is 45.9 Å². The Kier molecular flexibility index (Phi) is 13.8. The molecule has 7 unspecified atom stereocenters. The van der Waals surface area contributed by atoms with Gasteiger partial charge in [0.25, 0.3) is 5.91 Å². The van der Waals surface area contributed by atoms with Crippen LogP contribution in [0.4, 0.5) is 4.39 Å². The fraction of sp³-hybridized carbons (Fsp3) is 0.676. The third kappa shape index (κ3) is 9.34. The molecule has 2 fully saturated rings. The average Bonchev–Trinajstić information content (AvgIpc) is 3.03. The van der Waals surface area contributed by atoms with Crippen molar-refractivity contribution in [2.24, 2.45) is 22.6 Å². The van der Waals surface area contributed by atoms with E-state index in [9.17, 15) is 14.0 Å². The number of rotatable bonds is 14. The lowest BCUT2D eigenvalue weighted by Crippen LogP contribution is -2.58. The van der Waals surface area contributed by atoms with Crippen LogP contribution in [0.3, 0.4) is 0 Å². The van der Waals surface area contributed by atoms with Gasteiger partial charge in [0.1, 0.15) is 6.17 Å². The van der Waals surface area contributed by atoms with Crippen LogP contribution >= 0.6 is 0 Å². The number of nitrogens with one attached hydrogen (secondary N) is 2. The minimum absolute atomic E-state index is 0.0589. The van der Waals surface area contributed by atoms with Crippen LogP contribution in [0, 0.1) is 11.8 Å². The van der Waals surface area contributed by atoms with Gasteiger partial charge in [-0.15, -0.1) is 0 Å². The molecule has 44 heavy (non-hydrogen) atoms. The zero-order valence-corrected chi connectivity index (χ0v) is 27.8. The minimum atomic E-state index is -1.18. The summed E-state index contributed by atoms with van der Waals surface area (Å²) in [6.45, 7) is 16.5. The SMILES string of the molecule is C=C(CC)N(C)C(N)C(C(=O)NC1CNCCC1c1ccc(C(=O)N2CCN(C)CC2)cc1)C(C)N=CC(F)C(C)CCC. The highest BCUT2D eigenvalue weighted by molar-refractivity contribution is 5.94. The molecule has 0 aliphatic carbocycles. The lowest BCUT2D eigenvalue weighted by molar-refractivity contribution is -0.128. The molecule has 2 amide bonds. The molecule has 2 heterocycles. The van der Waals surface area contributed by atoms with Crippen molar-refractivity contribution in [3.8, 4) is 0 Å². The fourth-order valence-corrected chi connectivity index (χ4v) is 6.19. The zero-order chi connectivity index (χ0) is 32.4. The first-order chi connectivity index (χ1) is 21.0. The topological polar surface area (TPSA) is 106 Å². The molecular formula is C34H56FN7O2. The average molecular weight is 614 g/mol. The molecular weight excluding hydrogens is 557 g/mol. The lowest BCUT2D eigenvalue weighted by atomic mass is 9.85. The summed E-state index contributed by atoms with van der Waals surface area (Å²) < 4.78 is 14.8. The summed E-state index contributed by atoms with van der Waals surface area (Å²) in [6.07, 6.45) is 2.69. The Hall–Kier alpha value is -2.82. The summed E-state index contributed by atoms with van der Waals surface area (Å²) in [5, 5.41) is 6.69. The van der Waals surface area contributed by atoms with Gasteiger partial charge in [-0.05, 0) is 63.4 Å². The highest BCUT2D eigenvalue weighted by atomic mass is 19.1. The van der Waals surface area contributed by atoms with Crippen LogP contribution in [-0.4, -0.2) is 111 Å². The van der Waals surface area contributed by atoms with Crippen LogP contribution in [0.2, 0.25) is 0 Å². The van der Waals surface area contributed by atoms with Gasteiger partial charge in [-0.3, -0.25) is 14.6 Å². The molecule has 3 rings (SSSR count). The number of nitrogens with zero attached hydrogens (tertiary/aromatic N) is 4. The smallest absolute Gasteiger partial charge is 0.253 e. The first-order valence-electron chi connectivity index (χ1n) is 16.4. The van der Waals surface area contributed by atoms with E-state index >= 15 is 0 Å². The maximum absolute atomic E-state index is 14.8. The van der Waals surface area contributed by atoms with Crippen molar-refractivity contribution < 1.29 is 14.0 Å². The highest BCUT2D eigenvalue weighted by Gasteiger charge is 2.37. The predicted octanol–water partition coefficient (Wildman–Crippen LogP) is 3.63. The number of alkyl halides is 1. The van der Waals surface area contributed by atoms with E-state index in [1.165, 1.54) is 6.21 Å². The number of likely N-dealkylation sites (N-methyl/N-ethyl adjacent to an activating group) is 1. The predicted molar refractivity (Wildman–Crippen MR) is 178 cm³/mol. The lowest BCUT2D eigenvalue weighted by Gasteiger charge is -2.38. The molecule has 0 bridgehead atoms. The number of piperazine rings is 1. The van der Waals surface area contributed by atoms with E-state index in [1.807, 2.05) is 68.8 Å². The summed E-state index contributed by atoms with van der Waals surface area (Å²) in [7, 11) is 3.91. The molecule has 0 spiro atoms. The maximum atomic E-state index is 14.8. The number of piperidine rings is 1. The summed E-state index contributed by atoms with van der Waals surface area (Å²) in [4.78, 5) is 37.6. The Labute approximate surface area is 264 Å². The summed E-state index contributed by atoms with van der Waals surface area (Å²) in [6, 6.07) is 7.13. The third-order valence-electron chi connectivity index (χ3n) is 9.48. The second-order valence-corrected chi connectivity index (χ2v) is 12.7. The molecule has 246 valence electrons. The minimum Gasteiger partial charge on any atom is -0.362 e. The number of amides is 2. The van der Waals surface area contributed by atoms with Crippen molar-refractivity contribution in [3.63, 3.8) is 0 Å². The molecule has 0 radical (unpaired) electrons. The van der Waals surface area contributed by atoms with Crippen LogP contribution < -0.4 is 16.4 Å². The number of hydrogen-bond donors (Lipinski definition) is 3. The number of aliphatic imine (C=N–C) groups is 1. The zero-order valence-electron chi connectivity index (χ0n) is 27.8. The molecule has 7 atom stereocenters. The van der Waals surface area contributed by atoms with E-state index in [0.717, 1.165) is 63.2 Å². The van der Waals surface area contributed by atoms with Crippen molar-refractivity contribution in [1.29, 1.82) is 0 Å². The maximum Gasteiger partial charge on any atom is 0.253 e. The first-order valence-corrected chi connectivity index (χ1v) is 16.4. The molecule has 2 saturated heterocycles. The van der Waals surface area contributed by atoms with Gasteiger partial charge in [0.15, 0.2) is 0 Å². The second kappa shape index (κ2) is 17.0. The normalized spacial score (nSPS) is 23.0. The van der Waals surface area contributed by atoms with Gasteiger partial charge in [0.2, 0.25) is 5.91 Å². The molecule has 2 aliphatic heterocycles. The van der Waals surface area contributed by atoms with E-state index in [1.54, 1.807) is 0 Å². The first kappa shape index (κ1) is 35.7. The molecule has 2 aliphatic rings. The van der Waals surface area contributed by atoms with Crippen LogP contribution in [0.1, 0.15) is 75.2 Å². The Bertz CT molecular complexity index is 1110. The van der Waals surface area contributed by atoms with Gasteiger partial charge in [-0.25, -0.2) is 4.39 Å². The summed E-state index contributed by atoms with van der Waals surface area (Å²) in [5.74, 6) is -0.952. The van der Waals surface area contributed by atoms with Gasteiger partial charge in [-0.2, -0.15) is 0 Å². The van der Waals surface area contributed by atoms with Gasteiger partial charge >= 0.3 is 0 Å². The number of carbonyl (C=O) groups is 2. The van der Waals surface area contributed by atoms with Gasteiger partial charge in [0, 0.05) is 69.2 Å². The largest absolute Gasteiger partial charge is 0.362 e. The van der Waals surface area contributed by atoms with Crippen LogP contribution in [0.25, 0.3) is 0 Å². The Morgan fingerprint density at radius 3 is 2.48 bits per heavy atom. The van der Waals surface area contributed by atoms with Crippen molar-refractivity contribution in [3.05, 3.63) is 47.7 Å². The molecule has 1 aromatic rings. The highest BCUT2D eigenvalue weighted by Crippen LogP contribution is 2.28. The van der Waals surface area contributed by atoms with Crippen molar-refractivity contribution >= 4 is 18.0 Å². The number of benzene rings is 1. The number of allylic oxidation sites excluding steroid dienone is 1. The van der Waals surface area contributed by atoms with E-state index in [4.69, 9.17) is 5.73 Å². The van der Waals surface area contributed by atoms with E-state index < -0.39 is 24.3 Å². The quantitative estimate of drug-likeness (QED) is 0.219. The number of nitrogens with two attached hydrogens (primary N) is 1. The molecule has 0 aromatic heterocycles. The van der Waals surface area contributed by atoms with Gasteiger partial charge in [0.05, 0.1) is 18.1 Å². The Morgan fingerprint density at radius 2 is 1.86 bits per heavy atom. The summed E-state index contributed by atoms with van der Waals surface area (Å²) >= 11 is 0. The summed E-state index contributed by atoms with van der Waals surface area (Å²) in [5.41, 5.74) is 9.28. The second-order valence-electron chi connectivity index (χ2n) is 12.7. The van der Waals surface area contributed by atoms with Crippen LogP contribution in [-0.2, 0) is 4.79 Å². The standard InChI is InChI=1S/C34H56FN7O2/c1-8-10-23(3)29(35)21-38-25(5)31(32(36)41(7)24(4)9-2)33(43)39-30-22-37-16-15-28(30)26-11-13-27(14-12-26)34(44)42-19-17-40(6)18-20-42/h11-14,21,23,25,28-32,37H,4,8-10,15-20,22,36H2,1-3,5-7H3,(H,39,43). The molecule has 1 aromatic carbocycles. The molecule has 10 heteroatoms. The monoisotopic (exact) mass is 613 g/mol. The van der Waals surface area contributed by atoms with E-state index in [0.29, 0.717) is 18.5 Å². The van der Waals surface area contributed by atoms with E-state index in [2.05, 4.69) is 34.2 Å². The number of halogens is 1. The van der Waals surface area contributed by atoms with Crippen molar-refractivity contribution in [2.45, 2.75) is 83.7 Å². The third-order valence-corrected chi connectivity index (χ3v) is 9.48. The van der Waals surface area contributed by atoms with E-state index in [-0.39, 0.29) is 29.7 Å². The molecule has 9 nitrogen and oxygen atoms in total. The number of carbonyl (C=O) groups excluding carboxylic acids is 2. The van der Waals surface area contributed by atoms with Crippen molar-refractivity contribution in [2.75, 3.05) is 53.4 Å². The van der Waals surface area contributed by atoms with Gasteiger partial charge < -0.3 is 31.1 Å². The molecule has 4 N–H and O–H groups in total. The fourth-order valence-electron chi connectivity index (χ4n) is 6.19. The Morgan fingerprint density at radius 1 is 1.20 bits per heavy atom. The Balaban J connectivity index is 1.77. The number of hydrogen-bond acceptors (Lipinski definition) is 7. The van der Waals surface area contributed by atoms with Crippen LogP contribution in [0.15, 0.2) is 41.5 Å².